The molecule has 0 amide bonds. The number of likely N-dealkylation sites (tertiary alicyclic amines) is 1. The molecule has 0 bridgehead atoms. The topological polar surface area (TPSA) is 15.3 Å². The third-order valence-electron chi connectivity index (χ3n) is 4.49. The second-order valence-corrected chi connectivity index (χ2v) is 8.16. The first-order valence-electron chi connectivity index (χ1n) is 7.57. The van der Waals surface area contributed by atoms with Crippen LogP contribution in [0.25, 0.3) is 0 Å². The molecular formula is C16H34N2. The van der Waals surface area contributed by atoms with Crippen LogP contribution >= 0.6 is 0 Å². The van der Waals surface area contributed by atoms with E-state index in [1.165, 1.54) is 32.6 Å². The van der Waals surface area contributed by atoms with E-state index in [0.717, 1.165) is 11.8 Å². The summed E-state index contributed by atoms with van der Waals surface area (Å²) in [5, 5.41) is 3.64. The molecule has 1 unspecified atom stereocenters. The van der Waals surface area contributed by atoms with Gasteiger partial charge in [-0.15, -0.1) is 0 Å². The van der Waals surface area contributed by atoms with Crippen LogP contribution in [0.3, 0.4) is 0 Å². The standard InChI is InChI=1S/C16H34N2/c1-13(2)16(6,7)12-18-9-8-14(11-18)10-17-15(3,4)5/h13-14,17H,8-12H2,1-7H3. The average Bonchev–Trinajstić information content (AvgIpc) is 2.60. The molecule has 1 fully saturated rings. The molecule has 108 valence electrons. The van der Waals surface area contributed by atoms with Gasteiger partial charge in [-0.2, -0.15) is 0 Å². The van der Waals surface area contributed by atoms with Crippen molar-refractivity contribution >= 4 is 0 Å². The number of hydrogen-bond donors (Lipinski definition) is 1. The smallest absolute Gasteiger partial charge is 0.00966 e. The lowest BCUT2D eigenvalue weighted by Crippen LogP contribution is -2.40. The average molecular weight is 254 g/mol. The Morgan fingerprint density at radius 3 is 2.28 bits per heavy atom. The van der Waals surface area contributed by atoms with Crippen LogP contribution in [-0.4, -0.2) is 36.6 Å². The van der Waals surface area contributed by atoms with E-state index >= 15 is 0 Å². The molecule has 0 saturated carbocycles. The highest BCUT2D eigenvalue weighted by molar-refractivity contribution is 4.84. The lowest BCUT2D eigenvalue weighted by molar-refractivity contribution is 0.151. The number of nitrogens with one attached hydrogen (secondary N) is 1. The highest BCUT2D eigenvalue weighted by atomic mass is 15.2. The van der Waals surface area contributed by atoms with Gasteiger partial charge < -0.3 is 10.2 Å². The van der Waals surface area contributed by atoms with Crippen molar-refractivity contribution in [3.05, 3.63) is 0 Å². The zero-order valence-corrected chi connectivity index (χ0v) is 13.6. The molecule has 0 aromatic heterocycles. The summed E-state index contributed by atoms with van der Waals surface area (Å²) in [5.41, 5.74) is 0.691. The number of hydrogen-bond acceptors (Lipinski definition) is 2. The minimum atomic E-state index is 0.255. The van der Waals surface area contributed by atoms with Crippen molar-refractivity contribution in [3.63, 3.8) is 0 Å². The normalized spacial score (nSPS) is 23.0. The van der Waals surface area contributed by atoms with Gasteiger partial charge in [0, 0.05) is 18.6 Å². The minimum Gasteiger partial charge on any atom is -0.312 e. The van der Waals surface area contributed by atoms with Gasteiger partial charge in [-0.05, 0) is 57.5 Å². The highest BCUT2D eigenvalue weighted by Crippen LogP contribution is 2.29. The van der Waals surface area contributed by atoms with Gasteiger partial charge in [0.25, 0.3) is 0 Å². The molecule has 0 aliphatic carbocycles. The summed E-state index contributed by atoms with van der Waals surface area (Å²) in [5.74, 6) is 1.59. The Morgan fingerprint density at radius 1 is 1.17 bits per heavy atom. The summed E-state index contributed by atoms with van der Waals surface area (Å²) in [6, 6.07) is 0. The van der Waals surface area contributed by atoms with Gasteiger partial charge in [0.2, 0.25) is 0 Å². The molecule has 1 N–H and O–H groups in total. The maximum atomic E-state index is 3.64. The van der Waals surface area contributed by atoms with Crippen molar-refractivity contribution in [1.82, 2.24) is 10.2 Å². The Morgan fingerprint density at radius 2 is 1.78 bits per heavy atom. The van der Waals surface area contributed by atoms with Gasteiger partial charge in [-0.25, -0.2) is 0 Å². The van der Waals surface area contributed by atoms with Crippen LogP contribution in [0, 0.1) is 17.3 Å². The first-order chi connectivity index (χ1) is 8.10. The van der Waals surface area contributed by atoms with Crippen LogP contribution < -0.4 is 5.32 Å². The lowest BCUT2D eigenvalue weighted by atomic mass is 9.81. The van der Waals surface area contributed by atoms with Crippen molar-refractivity contribution in [2.24, 2.45) is 17.3 Å². The summed E-state index contributed by atoms with van der Waals surface area (Å²) < 4.78 is 0. The second-order valence-electron chi connectivity index (χ2n) is 8.16. The van der Waals surface area contributed by atoms with Gasteiger partial charge in [-0.3, -0.25) is 0 Å². The molecule has 1 aliphatic rings. The Balaban J connectivity index is 2.33. The predicted molar refractivity (Wildman–Crippen MR) is 80.9 cm³/mol. The van der Waals surface area contributed by atoms with Gasteiger partial charge >= 0.3 is 0 Å². The van der Waals surface area contributed by atoms with E-state index in [1.807, 2.05) is 0 Å². The van der Waals surface area contributed by atoms with Crippen molar-refractivity contribution in [1.29, 1.82) is 0 Å². The van der Waals surface area contributed by atoms with E-state index in [0.29, 0.717) is 5.41 Å². The molecule has 0 spiro atoms. The number of rotatable bonds is 5. The Labute approximate surface area is 115 Å². The van der Waals surface area contributed by atoms with Gasteiger partial charge in [0.05, 0.1) is 0 Å². The molecule has 1 atom stereocenters. The highest BCUT2D eigenvalue weighted by Gasteiger charge is 2.30. The molecule has 2 heteroatoms. The molecule has 0 aromatic rings. The van der Waals surface area contributed by atoms with E-state index in [4.69, 9.17) is 0 Å². The molecule has 1 saturated heterocycles. The fraction of sp³-hybridized carbons (Fsp3) is 1.00. The van der Waals surface area contributed by atoms with Crippen molar-refractivity contribution in [2.45, 2.75) is 60.4 Å². The van der Waals surface area contributed by atoms with Gasteiger partial charge in [0.1, 0.15) is 0 Å². The summed E-state index contributed by atoms with van der Waals surface area (Å²) in [7, 11) is 0. The summed E-state index contributed by atoms with van der Waals surface area (Å²) in [6.45, 7) is 21.2. The van der Waals surface area contributed by atoms with Gasteiger partial charge in [-0.1, -0.05) is 27.7 Å². The van der Waals surface area contributed by atoms with Crippen LogP contribution in [0.15, 0.2) is 0 Å². The van der Waals surface area contributed by atoms with E-state index in [-0.39, 0.29) is 5.54 Å². The van der Waals surface area contributed by atoms with E-state index in [1.54, 1.807) is 0 Å². The van der Waals surface area contributed by atoms with Crippen LogP contribution in [0.4, 0.5) is 0 Å². The first kappa shape index (κ1) is 16.0. The minimum absolute atomic E-state index is 0.255. The molecule has 1 aliphatic heterocycles. The van der Waals surface area contributed by atoms with Crippen LogP contribution in [0.2, 0.25) is 0 Å². The maximum Gasteiger partial charge on any atom is 0.00966 e. The second kappa shape index (κ2) is 5.92. The zero-order valence-electron chi connectivity index (χ0n) is 13.6. The summed E-state index contributed by atoms with van der Waals surface area (Å²) in [4.78, 5) is 2.66. The molecular weight excluding hydrogens is 220 g/mol. The monoisotopic (exact) mass is 254 g/mol. The SMILES string of the molecule is CC(C)C(C)(C)CN1CCC(CNC(C)(C)C)C1. The Bertz CT molecular complexity index is 250. The molecule has 0 radical (unpaired) electrons. The number of nitrogens with zero attached hydrogens (tertiary/aromatic N) is 1. The van der Waals surface area contributed by atoms with Crippen molar-refractivity contribution in [2.75, 3.05) is 26.2 Å². The van der Waals surface area contributed by atoms with Crippen molar-refractivity contribution in [3.8, 4) is 0 Å². The zero-order chi connectivity index (χ0) is 14.0. The van der Waals surface area contributed by atoms with Crippen LogP contribution in [0.5, 0.6) is 0 Å². The predicted octanol–water partition coefficient (Wildman–Crippen LogP) is 3.38. The quantitative estimate of drug-likeness (QED) is 0.809. The fourth-order valence-corrected chi connectivity index (χ4v) is 2.43. The van der Waals surface area contributed by atoms with Crippen molar-refractivity contribution < 1.29 is 0 Å². The fourth-order valence-electron chi connectivity index (χ4n) is 2.43. The molecule has 2 nitrogen and oxygen atoms in total. The maximum absolute atomic E-state index is 3.64. The summed E-state index contributed by atoms with van der Waals surface area (Å²) >= 11 is 0. The largest absolute Gasteiger partial charge is 0.312 e. The molecule has 18 heavy (non-hydrogen) atoms. The van der Waals surface area contributed by atoms with E-state index in [2.05, 4.69) is 58.7 Å². The van der Waals surface area contributed by atoms with E-state index in [9.17, 15) is 0 Å². The van der Waals surface area contributed by atoms with Gasteiger partial charge in [0.15, 0.2) is 0 Å². The molecule has 1 rings (SSSR count). The first-order valence-corrected chi connectivity index (χ1v) is 7.57. The Kier molecular flexibility index (Phi) is 5.25. The third-order valence-corrected chi connectivity index (χ3v) is 4.49. The van der Waals surface area contributed by atoms with Crippen LogP contribution in [0.1, 0.15) is 54.9 Å². The lowest BCUT2D eigenvalue weighted by Gasteiger charge is -2.34. The molecule has 0 aromatic carbocycles. The summed E-state index contributed by atoms with van der Waals surface area (Å²) in [6.07, 6.45) is 1.36. The van der Waals surface area contributed by atoms with Crippen LogP contribution in [-0.2, 0) is 0 Å². The molecule has 1 heterocycles. The van der Waals surface area contributed by atoms with E-state index < -0.39 is 0 Å². The third kappa shape index (κ3) is 5.27. The Hall–Kier alpha value is -0.0800.